The van der Waals surface area contributed by atoms with Crippen molar-refractivity contribution in [2.24, 2.45) is 0 Å². The highest BCUT2D eigenvalue weighted by atomic mass is 32.2. The molecule has 1 aromatic heterocycles. The lowest BCUT2D eigenvalue weighted by atomic mass is 10.2. The Bertz CT molecular complexity index is 356. The van der Waals surface area contributed by atoms with Crippen LogP contribution in [0.4, 0.5) is 10.8 Å². The first-order chi connectivity index (χ1) is 7.74. The summed E-state index contributed by atoms with van der Waals surface area (Å²) in [5, 5.41) is 4.62. The molecule has 1 heterocycles. The molecule has 1 saturated carbocycles. The quantitative estimate of drug-likeness (QED) is 0.813. The molecule has 0 radical (unpaired) electrons. The van der Waals surface area contributed by atoms with Gasteiger partial charge in [0.2, 0.25) is 0 Å². The number of ether oxygens (including phenoxy) is 1. The first-order valence-corrected chi connectivity index (χ1v) is 7.33. The average Bonchev–Trinajstić information content (AvgIpc) is 2.86. The van der Waals surface area contributed by atoms with Gasteiger partial charge < -0.3 is 15.8 Å². The maximum Gasteiger partial charge on any atom is 0.153 e. The van der Waals surface area contributed by atoms with E-state index in [2.05, 4.69) is 9.69 Å². The lowest BCUT2D eigenvalue weighted by molar-refractivity contribution is 0.108. The van der Waals surface area contributed by atoms with Crippen LogP contribution >= 0.6 is 23.3 Å². The van der Waals surface area contributed by atoms with E-state index in [1.54, 1.807) is 18.9 Å². The predicted octanol–water partition coefficient (Wildman–Crippen LogP) is 2.43. The molecule has 6 heteroatoms. The molecule has 1 fully saturated rings. The minimum atomic E-state index is 0.403. The van der Waals surface area contributed by atoms with Crippen LogP contribution in [0.25, 0.3) is 0 Å². The molecule has 1 aliphatic rings. The SMILES string of the molecule is COC1CCC(Nc2snc(N)c2SC)C1. The van der Waals surface area contributed by atoms with Gasteiger partial charge in [-0.2, -0.15) is 4.37 Å². The van der Waals surface area contributed by atoms with Crippen molar-refractivity contribution in [1.82, 2.24) is 4.37 Å². The van der Waals surface area contributed by atoms with Gasteiger partial charge in [0, 0.05) is 13.2 Å². The van der Waals surface area contributed by atoms with Gasteiger partial charge in [0.1, 0.15) is 5.00 Å². The average molecular weight is 259 g/mol. The number of nitrogen functional groups attached to an aromatic ring is 1. The van der Waals surface area contributed by atoms with Crippen LogP contribution in [0.1, 0.15) is 19.3 Å². The minimum Gasteiger partial charge on any atom is -0.382 e. The fraction of sp³-hybridized carbons (Fsp3) is 0.700. The van der Waals surface area contributed by atoms with Crippen molar-refractivity contribution in [1.29, 1.82) is 0 Å². The normalized spacial score (nSPS) is 24.9. The summed E-state index contributed by atoms with van der Waals surface area (Å²) >= 11 is 3.10. The number of nitrogens with two attached hydrogens (primary N) is 1. The fourth-order valence-corrected chi connectivity index (χ4v) is 3.66. The monoisotopic (exact) mass is 259 g/mol. The van der Waals surface area contributed by atoms with Crippen LogP contribution in [-0.2, 0) is 4.74 Å². The van der Waals surface area contributed by atoms with Crippen LogP contribution in [0.2, 0.25) is 0 Å². The van der Waals surface area contributed by atoms with E-state index in [-0.39, 0.29) is 0 Å². The molecular weight excluding hydrogens is 242 g/mol. The topological polar surface area (TPSA) is 60.2 Å². The zero-order chi connectivity index (χ0) is 11.5. The number of anilines is 2. The van der Waals surface area contributed by atoms with E-state index in [0.29, 0.717) is 18.0 Å². The van der Waals surface area contributed by atoms with Crippen molar-refractivity contribution in [3.63, 3.8) is 0 Å². The number of nitrogens with zero attached hydrogens (tertiary/aromatic N) is 1. The number of thioether (sulfide) groups is 1. The van der Waals surface area contributed by atoms with Crippen LogP contribution in [-0.4, -0.2) is 29.9 Å². The van der Waals surface area contributed by atoms with E-state index in [4.69, 9.17) is 10.5 Å². The van der Waals surface area contributed by atoms with E-state index in [1.807, 2.05) is 6.26 Å². The third-order valence-electron chi connectivity index (χ3n) is 2.93. The number of nitrogens with one attached hydrogen (secondary N) is 1. The van der Waals surface area contributed by atoms with Crippen LogP contribution in [0.5, 0.6) is 0 Å². The van der Waals surface area contributed by atoms with Crippen LogP contribution in [0, 0.1) is 0 Å². The number of rotatable bonds is 4. The summed E-state index contributed by atoms with van der Waals surface area (Å²) in [7, 11) is 1.78. The maximum atomic E-state index is 5.79. The summed E-state index contributed by atoms with van der Waals surface area (Å²) < 4.78 is 9.53. The Morgan fingerprint density at radius 3 is 3.00 bits per heavy atom. The second kappa shape index (κ2) is 5.25. The number of aromatic nitrogens is 1. The van der Waals surface area contributed by atoms with Crippen LogP contribution < -0.4 is 11.1 Å². The molecule has 2 atom stereocenters. The Balaban J connectivity index is 1.99. The van der Waals surface area contributed by atoms with E-state index in [1.165, 1.54) is 11.5 Å². The molecule has 0 aromatic carbocycles. The number of hydrogen-bond acceptors (Lipinski definition) is 6. The van der Waals surface area contributed by atoms with Crippen molar-refractivity contribution in [3.8, 4) is 0 Å². The van der Waals surface area contributed by atoms with Gasteiger partial charge in [0.15, 0.2) is 5.82 Å². The van der Waals surface area contributed by atoms with Gasteiger partial charge in [0.05, 0.1) is 11.0 Å². The molecule has 0 aliphatic heterocycles. The summed E-state index contributed by atoms with van der Waals surface area (Å²) in [6.07, 6.45) is 5.79. The molecular formula is C10H17N3OS2. The van der Waals surface area contributed by atoms with E-state index in [9.17, 15) is 0 Å². The first kappa shape index (κ1) is 12.0. The summed E-state index contributed by atoms with van der Waals surface area (Å²) in [4.78, 5) is 1.07. The van der Waals surface area contributed by atoms with Crippen molar-refractivity contribution in [2.45, 2.75) is 36.3 Å². The Hall–Kier alpha value is -0.460. The van der Waals surface area contributed by atoms with E-state index in [0.717, 1.165) is 29.2 Å². The zero-order valence-electron chi connectivity index (χ0n) is 9.53. The van der Waals surface area contributed by atoms with E-state index < -0.39 is 0 Å². The molecule has 1 aliphatic carbocycles. The van der Waals surface area contributed by atoms with Gasteiger partial charge in [-0.05, 0) is 37.1 Å². The first-order valence-electron chi connectivity index (χ1n) is 5.33. The molecule has 4 nitrogen and oxygen atoms in total. The Morgan fingerprint density at radius 2 is 2.38 bits per heavy atom. The standard InChI is InChI=1S/C10H17N3OS2/c1-14-7-4-3-6(5-7)12-10-8(15-2)9(11)13-16-10/h6-7,12H,3-5H2,1-2H3,(H2,11,13). The Labute approximate surface area is 104 Å². The van der Waals surface area contributed by atoms with Crippen LogP contribution in [0.3, 0.4) is 0 Å². The Morgan fingerprint density at radius 1 is 1.56 bits per heavy atom. The minimum absolute atomic E-state index is 0.403. The molecule has 90 valence electrons. The summed E-state index contributed by atoms with van der Waals surface area (Å²) in [5.41, 5.74) is 5.79. The van der Waals surface area contributed by atoms with Crippen molar-refractivity contribution in [3.05, 3.63) is 0 Å². The number of methoxy groups -OCH3 is 1. The van der Waals surface area contributed by atoms with Crippen molar-refractivity contribution >= 4 is 34.1 Å². The lowest BCUT2D eigenvalue weighted by Crippen LogP contribution is -2.16. The Kier molecular flexibility index (Phi) is 3.94. The lowest BCUT2D eigenvalue weighted by Gasteiger charge is -2.13. The third-order valence-corrected chi connectivity index (χ3v) is 4.67. The van der Waals surface area contributed by atoms with Gasteiger partial charge >= 0.3 is 0 Å². The summed E-state index contributed by atoms with van der Waals surface area (Å²) in [6, 6.07) is 0.496. The molecule has 0 spiro atoms. The highest BCUT2D eigenvalue weighted by Crippen LogP contribution is 2.36. The van der Waals surface area contributed by atoms with Gasteiger partial charge in [-0.3, -0.25) is 0 Å². The van der Waals surface area contributed by atoms with Crippen molar-refractivity contribution < 1.29 is 4.74 Å². The predicted molar refractivity (Wildman–Crippen MR) is 70.4 cm³/mol. The molecule has 16 heavy (non-hydrogen) atoms. The van der Waals surface area contributed by atoms with Gasteiger partial charge in [-0.25, -0.2) is 0 Å². The van der Waals surface area contributed by atoms with Crippen LogP contribution in [0.15, 0.2) is 4.90 Å². The molecule has 3 N–H and O–H groups in total. The molecule has 1 aromatic rings. The zero-order valence-corrected chi connectivity index (χ0v) is 11.2. The van der Waals surface area contributed by atoms with Gasteiger partial charge in [0.25, 0.3) is 0 Å². The smallest absolute Gasteiger partial charge is 0.153 e. The molecule has 0 bridgehead atoms. The van der Waals surface area contributed by atoms with Gasteiger partial charge in [-0.1, -0.05) is 0 Å². The second-order valence-electron chi connectivity index (χ2n) is 3.94. The third kappa shape index (κ3) is 2.44. The highest BCUT2D eigenvalue weighted by molar-refractivity contribution is 7.99. The maximum absolute atomic E-state index is 5.79. The molecule has 2 unspecified atom stereocenters. The summed E-state index contributed by atoms with van der Waals surface area (Å²) in [5.74, 6) is 0.640. The van der Waals surface area contributed by atoms with E-state index >= 15 is 0 Å². The largest absolute Gasteiger partial charge is 0.382 e. The highest BCUT2D eigenvalue weighted by Gasteiger charge is 2.25. The van der Waals surface area contributed by atoms with Gasteiger partial charge in [-0.15, -0.1) is 11.8 Å². The fourth-order valence-electron chi connectivity index (χ4n) is 2.05. The molecule has 0 amide bonds. The second-order valence-corrected chi connectivity index (χ2v) is 5.53. The summed E-state index contributed by atoms with van der Waals surface area (Å²) in [6.45, 7) is 0. The number of hydrogen-bond donors (Lipinski definition) is 2. The molecule has 0 saturated heterocycles. The van der Waals surface area contributed by atoms with Crippen molar-refractivity contribution in [2.75, 3.05) is 24.4 Å². The molecule has 2 rings (SSSR count).